The number of aromatic nitrogens is 2. The number of hydrazone groups is 1. The predicted octanol–water partition coefficient (Wildman–Crippen LogP) is 2.99. The third kappa shape index (κ3) is 3.53. The lowest BCUT2D eigenvalue weighted by Gasteiger charge is -2.12. The number of carbonyl (C=O) groups excluding carboxylic acids is 1. The summed E-state index contributed by atoms with van der Waals surface area (Å²) in [6.07, 6.45) is 2.76. The van der Waals surface area contributed by atoms with Gasteiger partial charge in [-0.25, -0.2) is 19.4 Å². The summed E-state index contributed by atoms with van der Waals surface area (Å²) in [6.45, 7) is 0. The maximum Gasteiger partial charge on any atom is 0.271 e. The number of carbonyl (C=O) groups is 1. The maximum atomic E-state index is 13.0. The van der Waals surface area contributed by atoms with E-state index in [0.717, 1.165) is 4.57 Å². The number of fused-ring (bicyclic) bond motifs is 1. The Labute approximate surface area is 169 Å². The number of amides is 1. The molecule has 30 heavy (non-hydrogen) atoms. The highest BCUT2D eigenvalue weighted by atomic mass is 19.1. The second kappa shape index (κ2) is 7.96. The molecule has 0 atom stereocenters. The molecule has 0 unspecified atom stereocenters. The zero-order chi connectivity index (χ0) is 21.1. The summed E-state index contributed by atoms with van der Waals surface area (Å²) in [5.41, 5.74) is 2.35. The van der Waals surface area contributed by atoms with Crippen LogP contribution in [0.5, 0.6) is 5.88 Å². The average molecular weight is 402 g/mol. The molecule has 2 aromatic heterocycles. The lowest BCUT2D eigenvalue weighted by atomic mass is 10.1. The summed E-state index contributed by atoms with van der Waals surface area (Å²) in [6, 6.07) is 16.7. The van der Waals surface area contributed by atoms with Crippen LogP contribution in [0.4, 0.5) is 4.39 Å². The molecular formula is C22H15FN4O3. The topological polar surface area (TPSA) is 96.6 Å². The highest BCUT2D eigenvalue weighted by Crippen LogP contribution is 2.25. The normalized spacial score (nSPS) is 11.1. The Morgan fingerprint density at radius 2 is 1.73 bits per heavy atom. The van der Waals surface area contributed by atoms with E-state index in [0.29, 0.717) is 10.8 Å². The molecule has 0 aliphatic rings. The van der Waals surface area contributed by atoms with Crippen molar-refractivity contribution in [2.24, 2.45) is 5.10 Å². The number of rotatable bonds is 4. The van der Waals surface area contributed by atoms with Crippen molar-refractivity contribution in [3.63, 3.8) is 0 Å². The fourth-order valence-electron chi connectivity index (χ4n) is 3.01. The molecule has 0 spiro atoms. The molecular weight excluding hydrogens is 387 g/mol. The van der Waals surface area contributed by atoms with Crippen molar-refractivity contribution < 1.29 is 14.3 Å². The average Bonchev–Trinajstić information content (AvgIpc) is 2.77. The molecule has 1 amide bonds. The standard InChI is InChI=1S/C22H15FN4O3/c23-15-10-8-14(9-11-15)20(28)26-25-13-18-16-5-1-2-6-17(16)21(29)27(22(18)30)19-7-3-4-12-24-19/h1-13,30H,(H,26,28)/b25-13+. The van der Waals surface area contributed by atoms with Crippen LogP contribution < -0.4 is 11.0 Å². The minimum absolute atomic E-state index is 0.223. The van der Waals surface area contributed by atoms with E-state index in [9.17, 15) is 19.1 Å². The third-order valence-electron chi connectivity index (χ3n) is 4.45. The first kappa shape index (κ1) is 19.0. The highest BCUT2D eigenvalue weighted by Gasteiger charge is 2.16. The van der Waals surface area contributed by atoms with Crippen molar-refractivity contribution in [3.05, 3.63) is 100 Å². The van der Waals surface area contributed by atoms with Gasteiger partial charge in [0.05, 0.1) is 11.8 Å². The molecule has 0 radical (unpaired) electrons. The van der Waals surface area contributed by atoms with Gasteiger partial charge in [-0.05, 0) is 42.5 Å². The summed E-state index contributed by atoms with van der Waals surface area (Å²) in [5, 5.41) is 15.5. The first-order valence-corrected chi connectivity index (χ1v) is 8.93. The summed E-state index contributed by atoms with van der Waals surface area (Å²) >= 11 is 0. The van der Waals surface area contributed by atoms with E-state index in [1.165, 1.54) is 36.7 Å². The van der Waals surface area contributed by atoms with E-state index in [2.05, 4.69) is 15.5 Å². The molecule has 0 saturated heterocycles. The Hall–Kier alpha value is -4.33. The number of nitrogens with one attached hydrogen (secondary N) is 1. The van der Waals surface area contributed by atoms with Crippen LogP contribution in [0.1, 0.15) is 15.9 Å². The molecule has 2 N–H and O–H groups in total. The number of halogens is 1. The first-order chi connectivity index (χ1) is 14.6. The Kier molecular flexibility index (Phi) is 5.04. The molecule has 8 heteroatoms. The molecule has 4 aromatic rings. The second-order valence-corrected chi connectivity index (χ2v) is 6.32. The largest absolute Gasteiger partial charge is 0.494 e. The highest BCUT2D eigenvalue weighted by molar-refractivity contribution is 6.02. The van der Waals surface area contributed by atoms with Gasteiger partial charge in [-0.1, -0.05) is 24.3 Å². The summed E-state index contributed by atoms with van der Waals surface area (Å²) in [4.78, 5) is 29.2. The van der Waals surface area contributed by atoms with Crippen LogP contribution in [-0.4, -0.2) is 26.8 Å². The van der Waals surface area contributed by atoms with Crippen LogP contribution in [0.25, 0.3) is 16.6 Å². The SMILES string of the molecule is O=C(N/N=C/c1c(O)n(-c2ccccn2)c(=O)c2ccccc12)c1ccc(F)cc1. The molecule has 0 saturated carbocycles. The zero-order valence-electron chi connectivity index (χ0n) is 15.5. The Morgan fingerprint density at radius 1 is 1.03 bits per heavy atom. The smallest absolute Gasteiger partial charge is 0.271 e. The number of hydrogen-bond acceptors (Lipinski definition) is 5. The van der Waals surface area contributed by atoms with E-state index in [-0.39, 0.29) is 22.8 Å². The number of benzene rings is 2. The second-order valence-electron chi connectivity index (χ2n) is 6.32. The number of pyridine rings is 2. The molecule has 0 bridgehead atoms. The minimum Gasteiger partial charge on any atom is -0.494 e. The van der Waals surface area contributed by atoms with Crippen molar-refractivity contribution >= 4 is 22.9 Å². The van der Waals surface area contributed by atoms with Gasteiger partial charge in [0.25, 0.3) is 11.5 Å². The van der Waals surface area contributed by atoms with E-state index < -0.39 is 17.3 Å². The van der Waals surface area contributed by atoms with Crippen molar-refractivity contribution in [2.45, 2.75) is 0 Å². The van der Waals surface area contributed by atoms with Crippen LogP contribution >= 0.6 is 0 Å². The van der Waals surface area contributed by atoms with Gasteiger partial charge in [0.1, 0.15) is 11.6 Å². The fraction of sp³-hybridized carbons (Fsp3) is 0. The molecule has 0 aliphatic heterocycles. The van der Waals surface area contributed by atoms with E-state index in [1.54, 1.807) is 42.5 Å². The molecule has 2 heterocycles. The fourth-order valence-corrected chi connectivity index (χ4v) is 3.01. The van der Waals surface area contributed by atoms with Gasteiger partial charge in [-0.15, -0.1) is 0 Å². The summed E-state index contributed by atoms with van der Waals surface area (Å²) in [7, 11) is 0. The molecule has 4 rings (SSSR count). The molecule has 7 nitrogen and oxygen atoms in total. The van der Waals surface area contributed by atoms with Crippen molar-refractivity contribution in [2.75, 3.05) is 0 Å². The molecule has 0 fully saturated rings. The van der Waals surface area contributed by atoms with E-state index in [4.69, 9.17) is 0 Å². The van der Waals surface area contributed by atoms with Crippen LogP contribution in [0.3, 0.4) is 0 Å². The number of aromatic hydroxyl groups is 1. The summed E-state index contributed by atoms with van der Waals surface area (Å²) in [5.74, 6) is -1.12. The van der Waals surface area contributed by atoms with Crippen LogP contribution in [0.2, 0.25) is 0 Å². The Balaban J connectivity index is 1.76. The third-order valence-corrected chi connectivity index (χ3v) is 4.45. The van der Waals surface area contributed by atoms with Crippen LogP contribution in [-0.2, 0) is 0 Å². The van der Waals surface area contributed by atoms with Gasteiger partial charge in [0.2, 0.25) is 5.88 Å². The first-order valence-electron chi connectivity index (χ1n) is 8.93. The zero-order valence-corrected chi connectivity index (χ0v) is 15.5. The van der Waals surface area contributed by atoms with E-state index in [1.807, 2.05) is 0 Å². The van der Waals surface area contributed by atoms with E-state index >= 15 is 0 Å². The van der Waals surface area contributed by atoms with Gasteiger partial charge >= 0.3 is 0 Å². The van der Waals surface area contributed by atoms with Crippen molar-refractivity contribution in [1.82, 2.24) is 15.0 Å². The van der Waals surface area contributed by atoms with Crippen molar-refractivity contribution in [3.8, 4) is 11.7 Å². The minimum atomic E-state index is -0.548. The maximum absolute atomic E-state index is 13.0. The number of nitrogens with zero attached hydrogens (tertiary/aromatic N) is 3. The lowest BCUT2D eigenvalue weighted by Crippen LogP contribution is -2.21. The van der Waals surface area contributed by atoms with Gasteiger partial charge in [0, 0.05) is 22.5 Å². The Bertz CT molecular complexity index is 1320. The van der Waals surface area contributed by atoms with Crippen molar-refractivity contribution in [1.29, 1.82) is 0 Å². The lowest BCUT2D eigenvalue weighted by molar-refractivity contribution is 0.0955. The predicted molar refractivity (Wildman–Crippen MR) is 110 cm³/mol. The van der Waals surface area contributed by atoms with Gasteiger partial charge in [-0.3, -0.25) is 9.59 Å². The number of hydrogen-bond donors (Lipinski definition) is 2. The van der Waals surface area contributed by atoms with Crippen LogP contribution in [0, 0.1) is 5.82 Å². The van der Waals surface area contributed by atoms with Gasteiger partial charge in [0.15, 0.2) is 0 Å². The molecule has 148 valence electrons. The van der Waals surface area contributed by atoms with Crippen LogP contribution in [0.15, 0.2) is 82.8 Å². The van der Waals surface area contributed by atoms with Gasteiger partial charge in [-0.2, -0.15) is 5.10 Å². The Morgan fingerprint density at radius 3 is 2.43 bits per heavy atom. The quantitative estimate of drug-likeness (QED) is 0.405. The monoisotopic (exact) mass is 402 g/mol. The summed E-state index contributed by atoms with van der Waals surface area (Å²) < 4.78 is 14.1. The van der Waals surface area contributed by atoms with Gasteiger partial charge < -0.3 is 5.11 Å². The molecule has 2 aromatic carbocycles. The molecule has 0 aliphatic carbocycles.